The first-order chi connectivity index (χ1) is 8.39. The Bertz CT molecular complexity index is 586. The van der Waals surface area contributed by atoms with E-state index in [0.717, 1.165) is 29.5 Å². The summed E-state index contributed by atoms with van der Waals surface area (Å²) in [6.07, 6.45) is -2.58. The van der Waals surface area contributed by atoms with Gasteiger partial charge in [-0.25, -0.2) is 19.4 Å². The zero-order valence-electron chi connectivity index (χ0n) is 9.00. The molecule has 0 spiro atoms. The molecule has 0 aliphatic heterocycles. The number of nitrogens with zero attached hydrogens (tertiary/aromatic N) is 4. The van der Waals surface area contributed by atoms with Crippen LogP contribution < -0.4 is 0 Å². The quantitative estimate of drug-likeness (QED) is 0.913. The molecule has 10 heteroatoms. The number of pyridine rings is 1. The molecule has 0 fully saturated rings. The van der Waals surface area contributed by atoms with Crippen LogP contribution in [0.5, 0.6) is 0 Å². The molecule has 0 aliphatic carbocycles. The fourth-order valence-corrected chi connectivity index (χ4v) is 1.29. The van der Waals surface area contributed by atoms with Crippen molar-refractivity contribution in [1.29, 1.82) is 0 Å². The smallest absolute Gasteiger partial charge is 0.434 e. The minimum atomic E-state index is -4.86. The Balaban J connectivity index is 0.00000180. The maximum atomic E-state index is 12.7. The Morgan fingerprint density at radius 3 is 2.47 bits per heavy atom. The van der Waals surface area contributed by atoms with Gasteiger partial charge in [0.25, 0.3) is 0 Å². The Morgan fingerprint density at radius 2 is 2.00 bits per heavy atom. The molecule has 2 rings (SSSR count). The highest BCUT2D eigenvalue weighted by Crippen LogP contribution is 2.31. The molecule has 19 heavy (non-hydrogen) atoms. The summed E-state index contributed by atoms with van der Waals surface area (Å²) in [6, 6.07) is 1.95. The normalized spacial score (nSPS) is 10.9. The average molecular weight is 295 g/mol. The van der Waals surface area contributed by atoms with E-state index in [-0.39, 0.29) is 18.2 Å². The lowest BCUT2D eigenvalue weighted by Crippen LogP contribution is -2.17. The van der Waals surface area contributed by atoms with Gasteiger partial charge in [0.15, 0.2) is 11.5 Å². The van der Waals surface area contributed by atoms with E-state index in [1.165, 1.54) is 0 Å². The van der Waals surface area contributed by atoms with Crippen LogP contribution in [0.15, 0.2) is 24.8 Å². The SMILES string of the molecule is Cl.O=C(O)c1ccc(-n2cncn2)nc1C(F)(F)F. The number of carbonyl (C=O) groups is 1. The molecule has 0 aromatic carbocycles. The van der Waals surface area contributed by atoms with E-state index in [1.54, 1.807) is 0 Å². The van der Waals surface area contributed by atoms with Crippen LogP contribution in [-0.4, -0.2) is 30.8 Å². The molecular formula is C9H6ClF3N4O2. The molecule has 2 aromatic rings. The van der Waals surface area contributed by atoms with Crippen molar-refractivity contribution in [2.75, 3.05) is 0 Å². The number of rotatable bonds is 2. The second-order valence-electron chi connectivity index (χ2n) is 3.21. The summed E-state index contributed by atoms with van der Waals surface area (Å²) in [5, 5.41) is 12.3. The van der Waals surface area contributed by atoms with Crippen molar-refractivity contribution in [2.45, 2.75) is 6.18 Å². The van der Waals surface area contributed by atoms with Gasteiger partial charge in [0, 0.05) is 0 Å². The number of alkyl halides is 3. The van der Waals surface area contributed by atoms with E-state index in [1.807, 2.05) is 0 Å². The maximum Gasteiger partial charge on any atom is 0.434 e. The van der Waals surface area contributed by atoms with Crippen LogP contribution in [0.2, 0.25) is 0 Å². The largest absolute Gasteiger partial charge is 0.478 e. The number of hydrogen-bond donors (Lipinski definition) is 1. The molecule has 0 bridgehead atoms. The summed E-state index contributed by atoms with van der Waals surface area (Å²) < 4.78 is 39.0. The number of carboxylic acids is 1. The molecule has 2 aromatic heterocycles. The van der Waals surface area contributed by atoms with Crippen LogP contribution in [0.25, 0.3) is 5.82 Å². The second-order valence-corrected chi connectivity index (χ2v) is 3.21. The zero-order chi connectivity index (χ0) is 13.3. The van der Waals surface area contributed by atoms with E-state index < -0.39 is 23.4 Å². The third-order valence-corrected chi connectivity index (χ3v) is 2.03. The van der Waals surface area contributed by atoms with Crippen molar-refractivity contribution in [3.05, 3.63) is 36.0 Å². The van der Waals surface area contributed by atoms with Crippen LogP contribution in [-0.2, 0) is 6.18 Å². The number of aromatic nitrogens is 4. The molecule has 2 heterocycles. The summed E-state index contributed by atoms with van der Waals surface area (Å²) in [5.74, 6) is -1.86. The van der Waals surface area contributed by atoms with Gasteiger partial charge in [-0.3, -0.25) is 0 Å². The summed E-state index contributed by atoms with van der Waals surface area (Å²) in [4.78, 5) is 17.5. The standard InChI is InChI=1S/C9H5F3N4O2.ClH/c10-9(11,12)7-5(8(17)18)1-2-6(15-7)16-4-13-3-14-16;/h1-4H,(H,17,18);1H. The van der Waals surface area contributed by atoms with Gasteiger partial charge in [0.05, 0.1) is 5.56 Å². The molecule has 0 unspecified atom stereocenters. The number of carboxylic acid groups (broad SMARTS) is 1. The van der Waals surface area contributed by atoms with Crippen LogP contribution in [0, 0.1) is 0 Å². The highest BCUT2D eigenvalue weighted by atomic mass is 35.5. The van der Waals surface area contributed by atoms with Gasteiger partial charge in [-0.15, -0.1) is 12.4 Å². The Morgan fingerprint density at radius 1 is 1.32 bits per heavy atom. The second kappa shape index (κ2) is 5.22. The predicted molar refractivity (Wildman–Crippen MR) is 58.4 cm³/mol. The van der Waals surface area contributed by atoms with Crippen molar-refractivity contribution in [3.63, 3.8) is 0 Å². The van der Waals surface area contributed by atoms with Gasteiger partial charge in [-0.05, 0) is 12.1 Å². The fraction of sp³-hybridized carbons (Fsp3) is 0.111. The molecule has 102 valence electrons. The summed E-state index contributed by atoms with van der Waals surface area (Å²) >= 11 is 0. The van der Waals surface area contributed by atoms with E-state index in [4.69, 9.17) is 5.11 Å². The molecule has 0 atom stereocenters. The third-order valence-electron chi connectivity index (χ3n) is 2.03. The van der Waals surface area contributed by atoms with Crippen molar-refractivity contribution < 1.29 is 23.1 Å². The number of hydrogen-bond acceptors (Lipinski definition) is 4. The summed E-state index contributed by atoms with van der Waals surface area (Å²) in [5.41, 5.74) is -2.38. The van der Waals surface area contributed by atoms with Gasteiger partial charge in [-0.2, -0.15) is 18.3 Å². The molecule has 0 radical (unpaired) electrons. The molecule has 0 amide bonds. The number of aromatic carboxylic acids is 1. The monoisotopic (exact) mass is 294 g/mol. The van der Waals surface area contributed by atoms with E-state index >= 15 is 0 Å². The van der Waals surface area contributed by atoms with Crippen LogP contribution in [0.3, 0.4) is 0 Å². The van der Waals surface area contributed by atoms with Crippen molar-refractivity contribution in [2.24, 2.45) is 0 Å². The molecule has 1 N–H and O–H groups in total. The minimum absolute atomic E-state index is 0. The topological polar surface area (TPSA) is 80.9 Å². The van der Waals surface area contributed by atoms with Crippen molar-refractivity contribution in [1.82, 2.24) is 19.7 Å². The highest BCUT2D eigenvalue weighted by molar-refractivity contribution is 5.89. The van der Waals surface area contributed by atoms with E-state index in [2.05, 4.69) is 15.1 Å². The fourth-order valence-electron chi connectivity index (χ4n) is 1.29. The van der Waals surface area contributed by atoms with Gasteiger partial charge < -0.3 is 5.11 Å². The zero-order valence-corrected chi connectivity index (χ0v) is 9.81. The first-order valence-electron chi connectivity index (χ1n) is 4.56. The van der Waals surface area contributed by atoms with Gasteiger partial charge >= 0.3 is 12.1 Å². The van der Waals surface area contributed by atoms with Crippen molar-refractivity contribution >= 4 is 18.4 Å². The average Bonchev–Trinajstić information content (AvgIpc) is 2.80. The molecular weight excluding hydrogens is 289 g/mol. The lowest BCUT2D eigenvalue weighted by Gasteiger charge is -2.10. The lowest BCUT2D eigenvalue weighted by atomic mass is 10.2. The first-order valence-corrected chi connectivity index (χ1v) is 4.56. The Labute approximate surface area is 110 Å². The maximum absolute atomic E-state index is 12.7. The highest BCUT2D eigenvalue weighted by Gasteiger charge is 2.37. The Hall–Kier alpha value is -2.16. The van der Waals surface area contributed by atoms with Gasteiger partial charge in [-0.1, -0.05) is 0 Å². The summed E-state index contributed by atoms with van der Waals surface area (Å²) in [6.45, 7) is 0. The minimum Gasteiger partial charge on any atom is -0.478 e. The summed E-state index contributed by atoms with van der Waals surface area (Å²) in [7, 11) is 0. The van der Waals surface area contributed by atoms with Crippen LogP contribution in [0.1, 0.15) is 16.1 Å². The van der Waals surface area contributed by atoms with Crippen LogP contribution in [0.4, 0.5) is 13.2 Å². The van der Waals surface area contributed by atoms with Crippen LogP contribution >= 0.6 is 12.4 Å². The lowest BCUT2D eigenvalue weighted by molar-refractivity contribution is -0.141. The van der Waals surface area contributed by atoms with Gasteiger partial charge in [0.2, 0.25) is 0 Å². The molecule has 6 nitrogen and oxygen atoms in total. The Kier molecular flexibility index (Phi) is 4.10. The molecule has 0 aliphatic rings. The van der Waals surface area contributed by atoms with E-state index in [0.29, 0.717) is 0 Å². The first kappa shape index (κ1) is 14.9. The predicted octanol–water partition coefficient (Wildman–Crippen LogP) is 1.80. The number of halogens is 4. The molecule has 0 saturated carbocycles. The molecule has 0 saturated heterocycles. The van der Waals surface area contributed by atoms with Gasteiger partial charge in [0.1, 0.15) is 12.7 Å². The van der Waals surface area contributed by atoms with E-state index in [9.17, 15) is 18.0 Å². The third kappa shape index (κ3) is 2.99. The van der Waals surface area contributed by atoms with Crippen molar-refractivity contribution in [3.8, 4) is 5.82 Å².